The molecule has 4 aliphatic rings. The van der Waals surface area contributed by atoms with Crippen molar-refractivity contribution in [2.75, 3.05) is 33.5 Å². The van der Waals surface area contributed by atoms with Crippen molar-refractivity contribution in [1.82, 2.24) is 10.2 Å². The molecule has 0 radical (unpaired) electrons. The third-order valence-corrected chi connectivity index (χ3v) is 7.61. The van der Waals surface area contributed by atoms with Gasteiger partial charge in [-0.05, 0) is 87.6 Å². The first-order chi connectivity index (χ1) is 15.2. The van der Waals surface area contributed by atoms with Crippen molar-refractivity contribution < 1.29 is 19.0 Å². The number of likely N-dealkylation sites (tertiary alicyclic amines) is 1. The van der Waals surface area contributed by atoms with E-state index < -0.39 is 0 Å². The van der Waals surface area contributed by atoms with Gasteiger partial charge >= 0.3 is 0 Å². The molecule has 31 heavy (non-hydrogen) atoms. The number of methoxy groups -OCH3 is 1. The fourth-order valence-electron chi connectivity index (χ4n) is 5.56. The Morgan fingerprint density at radius 2 is 2.13 bits per heavy atom. The van der Waals surface area contributed by atoms with Gasteiger partial charge in [0.25, 0.3) is 0 Å². The highest BCUT2D eigenvalue weighted by molar-refractivity contribution is 5.82. The molecular weight excluding hydrogens is 392 g/mol. The molecule has 2 fully saturated rings. The molecule has 6 nitrogen and oxygen atoms in total. The molecule has 0 aromatic heterocycles. The zero-order valence-electron chi connectivity index (χ0n) is 18.6. The number of allylic oxidation sites excluding steroid dienone is 1. The first-order valence-corrected chi connectivity index (χ1v) is 11.8. The number of benzene rings is 1. The van der Waals surface area contributed by atoms with Crippen molar-refractivity contribution >= 4 is 5.91 Å². The van der Waals surface area contributed by atoms with E-state index >= 15 is 0 Å². The van der Waals surface area contributed by atoms with Crippen LogP contribution in [-0.4, -0.2) is 44.3 Å². The number of ether oxygens (including phenoxy) is 3. The smallest absolute Gasteiger partial charge is 0.231 e. The summed E-state index contributed by atoms with van der Waals surface area (Å²) < 4.78 is 16.5. The van der Waals surface area contributed by atoms with Crippen molar-refractivity contribution in [2.45, 2.75) is 57.9 Å². The number of amides is 1. The van der Waals surface area contributed by atoms with Gasteiger partial charge < -0.3 is 19.5 Å². The minimum Gasteiger partial charge on any atom is -0.493 e. The number of rotatable bonds is 7. The number of nitrogens with one attached hydrogen (secondary N) is 1. The number of nitrogens with zero attached hydrogens (tertiary/aromatic N) is 1. The second-order valence-electron chi connectivity index (χ2n) is 9.58. The summed E-state index contributed by atoms with van der Waals surface area (Å²) in [5, 5.41) is 3.22. The van der Waals surface area contributed by atoms with Crippen LogP contribution in [0, 0.1) is 11.3 Å². The van der Waals surface area contributed by atoms with Crippen LogP contribution in [0.15, 0.2) is 23.8 Å². The summed E-state index contributed by atoms with van der Waals surface area (Å²) in [4.78, 5) is 15.2. The molecule has 168 valence electrons. The molecule has 2 heterocycles. The number of hydrogen-bond donors (Lipinski definition) is 1. The summed E-state index contributed by atoms with van der Waals surface area (Å²) in [6.07, 6.45) is 11.7. The van der Waals surface area contributed by atoms with Gasteiger partial charge in [0.2, 0.25) is 18.4 Å². The van der Waals surface area contributed by atoms with Crippen LogP contribution < -0.4 is 19.5 Å². The molecule has 6 heteroatoms. The monoisotopic (exact) mass is 426 g/mol. The van der Waals surface area contributed by atoms with Crippen LogP contribution in [0.1, 0.15) is 56.9 Å². The van der Waals surface area contributed by atoms with Gasteiger partial charge in [-0.2, -0.15) is 0 Å². The minimum absolute atomic E-state index is 0.223. The van der Waals surface area contributed by atoms with Crippen LogP contribution in [0.3, 0.4) is 0 Å². The highest BCUT2D eigenvalue weighted by Crippen LogP contribution is 2.59. The van der Waals surface area contributed by atoms with Crippen molar-refractivity contribution in [3.05, 3.63) is 29.3 Å². The van der Waals surface area contributed by atoms with Gasteiger partial charge in [0.1, 0.15) is 0 Å². The molecule has 2 aliphatic carbocycles. The summed E-state index contributed by atoms with van der Waals surface area (Å²) in [5.74, 6) is 2.72. The van der Waals surface area contributed by atoms with E-state index in [1.54, 1.807) is 7.11 Å². The highest BCUT2D eigenvalue weighted by Gasteiger charge is 2.58. The molecule has 1 N–H and O–H groups in total. The predicted octanol–water partition coefficient (Wildman–Crippen LogP) is 4.03. The molecular formula is C25H34N2O4. The Morgan fingerprint density at radius 1 is 1.26 bits per heavy atom. The Kier molecular flexibility index (Phi) is 5.83. The summed E-state index contributed by atoms with van der Waals surface area (Å²) in [7, 11) is 1.66. The number of piperidine rings is 1. The fourth-order valence-corrected chi connectivity index (χ4v) is 5.56. The lowest BCUT2D eigenvalue weighted by molar-refractivity contribution is -0.123. The number of fused-ring (bicyclic) bond motifs is 1. The van der Waals surface area contributed by atoms with E-state index in [1.165, 1.54) is 36.8 Å². The van der Waals surface area contributed by atoms with Crippen LogP contribution in [0.5, 0.6) is 17.2 Å². The third kappa shape index (κ3) is 4.40. The Balaban J connectivity index is 1.09. The van der Waals surface area contributed by atoms with Gasteiger partial charge in [-0.15, -0.1) is 0 Å². The molecule has 0 bridgehead atoms. The molecule has 1 aromatic carbocycles. The predicted molar refractivity (Wildman–Crippen MR) is 118 cm³/mol. The standard InChI is InChI=1S/C25H34N2O4/c1-29-21-13-19(14-22-23(21)31-17-30-22)16-27-11-8-25(9-12-27)15-20(25)24(28)26-10-7-18-5-3-2-4-6-18/h5,13-14,20H,2-4,6-12,15-17H2,1H3,(H,26,28). The maximum absolute atomic E-state index is 12.7. The van der Waals surface area contributed by atoms with Crippen LogP contribution in [0.25, 0.3) is 0 Å². The van der Waals surface area contributed by atoms with E-state index in [0.29, 0.717) is 5.75 Å². The van der Waals surface area contributed by atoms with Gasteiger partial charge in [0.05, 0.1) is 7.11 Å². The van der Waals surface area contributed by atoms with E-state index in [9.17, 15) is 4.79 Å². The Morgan fingerprint density at radius 3 is 2.90 bits per heavy atom. The highest BCUT2D eigenvalue weighted by atomic mass is 16.7. The maximum atomic E-state index is 12.7. The van der Waals surface area contributed by atoms with Crippen molar-refractivity contribution in [1.29, 1.82) is 0 Å². The van der Waals surface area contributed by atoms with E-state index in [0.717, 1.165) is 63.4 Å². The number of carbonyl (C=O) groups is 1. The minimum atomic E-state index is 0.223. The van der Waals surface area contributed by atoms with E-state index in [2.05, 4.69) is 22.4 Å². The third-order valence-electron chi connectivity index (χ3n) is 7.61. The SMILES string of the molecule is COc1cc(CN2CCC3(CC2)CC3C(=O)NCCC2=CCCCC2)cc2c1OCO2. The number of carbonyl (C=O) groups excluding carboxylic acids is 1. The molecule has 1 unspecified atom stereocenters. The van der Waals surface area contributed by atoms with Crippen LogP contribution in [0.2, 0.25) is 0 Å². The average Bonchev–Trinajstić information content (AvgIpc) is 3.28. The summed E-state index contributed by atoms with van der Waals surface area (Å²) >= 11 is 0. The normalized spacial score (nSPS) is 24.0. The van der Waals surface area contributed by atoms with Crippen LogP contribution in [-0.2, 0) is 11.3 Å². The lowest BCUT2D eigenvalue weighted by Gasteiger charge is -2.33. The molecule has 1 atom stereocenters. The zero-order valence-corrected chi connectivity index (χ0v) is 18.6. The van der Waals surface area contributed by atoms with E-state index in [-0.39, 0.29) is 24.0 Å². The molecule has 1 spiro atoms. The van der Waals surface area contributed by atoms with E-state index in [4.69, 9.17) is 14.2 Å². The summed E-state index contributed by atoms with van der Waals surface area (Å²) in [5.41, 5.74) is 2.96. The molecule has 5 rings (SSSR count). The summed E-state index contributed by atoms with van der Waals surface area (Å²) in [6.45, 7) is 3.99. The van der Waals surface area contributed by atoms with Crippen LogP contribution >= 0.6 is 0 Å². The van der Waals surface area contributed by atoms with Crippen molar-refractivity contribution in [2.24, 2.45) is 11.3 Å². The van der Waals surface area contributed by atoms with Gasteiger partial charge in [0.15, 0.2) is 11.5 Å². The lowest BCUT2D eigenvalue weighted by atomic mass is 9.90. The maximum Gasteiger partial charge on any atom is 0.231 e. The topological polar surface area (TPSA) is 60.0 Å². The second-order valence-corrected chi connectivity index (χ2v) is 9.58. The van der Waals surface area contributed by atoms with Gasteiger partial charge in [-0.1, -0.05) is 11.6 Å². The molecule has 1 saturated carbocycles. The van der Waals surface area contributed by atoms with E-state index in [1.807, 2.05) is 6.07 Å². The van der Waals surface area contributed by atoms with Gasteiger partial charge in [-0.25, -0.2) is 0 Å². The molecule has 1 saturated heterocycles. The molecule has 1 amide bonds. The van der Waals surface area contributed by atoms with Crippen molar-refractivity contribution in [3.63, 3.8) is 0 Å². The van der Waals surface area contributed by atoms with Crippen LogP contribution in [0.4, 0.5) is 0 Å². The number of hydrogen-bond acceptors (Lipinski definition) is 5. The largest absolute Gasteiger partial charge is 0.493 e. The lowest BCUT2D eigenvalue weighted by Crippen LogP contribution is -2.37. The summed E-state index contributed by atoms with van der Waals surface area (Å²) in [6, 6.07) is 4.11. The fraction of sp³-hybridized carbons (Fsp3) is 0.640. The molecule has 1 aromatic rings. The first kappa shape index (κ1) is 20.7. The zero-order chi connectivity index (χ0) is 21.3. The Labute approximate surface area is 184 Å². The average molecular weight is 427 g/mol. The quantitative estimate of drug-likeness (QED) is 0.667. The second kappa shape index (κ2) is 8.73. The first-order valence-electron chi connectivity index (χ1n) is 11.8. The van der Waals surface area contributed by atoms with Gasteiger partial charge in [0, 0.05) is 19.0 Å². The van der Waals surface area contributed by atoms with Gasteiger partial charge in [-0.3, -0.25) is 9.69 Å². The molecule has 2 aliphatic heterocycles. The Bertz CT molecular complexity index is 857. The Hall–Kier alpha value is -2.21. The van der Waals surface area contributed by atoms with Crippen molar-refractivity contribution in [3.8, 4) is 17.2 Å².